The number of furan rings is 1. The summed E-state index contributed by atoms with van der Waals surface area (Å²) in [6, 6.07) is 11.1. The van der Waals surface area contributed by atoms with E-state index in [1.165, 1.54) is 0 Å². The van der Waals surface area contributed by atoms with Gasteiger partial charge >= 0.3 is 0 Å². The van der Waals surface area contributed by atoms with E-state index in [4.69, 9.17) is 9.15 Å². The van der Waals surface area contributed by atoms with Crippen LogP contribution in [0.15, 0.2) is 40.8 Å². The van der Waals surface area contributed by atoms with Crippen molar-refractivity contribution in [1.82, 2.24) is 4.90 Å². The van der Waals surface area contributed by atoms with E-state index in [-0.39, 0.29) is 0 Å². The van der Waals surface area contributed by atoms with Gasteiger partial charge < -0.3 is 14.1 Å². The van der Waals surface area contributed by atoms with Gasteiger partial charge in [0.05, 0.1) is 6.61 Å². The van der Waals surface area contributed by atoms with Crippen molar-refractivity contribution < 1.29 is 13.9 Å². The fourth-order valence-corrected chi connectivity index (χ4v) is 1.86. The summed E-state index contributed by atoms with van der Waals surface area (Å²) in [7, 11) is 4.09. The van der Waals surface area contributed by atoms with Crippen molar-refractivity contribution in [3.8, 4) is 17.1 Å². The van der Waals surface area contributed by atoms with Crippen LogP contribution in [-0.4, -0.2) is 38.4 Å². The largest absolute Gasteiger partial charge is 0.494 e. The van der Waals surface area contributed by atoms with Gasteiger partial charge in [0, 0.05) is 12.1 Å². The second kappa shape index (κ2) is 6.91. The predicted molar refractivity (Wildman–Crippen MR) is 78.2 cm³/mol. The highest BCUT2D eigenvalue weighted by Gasteiger charge is 2.04. The van der Waals surface area contributed by atoms with Crippen LogP contribution < -0.4 is 4.74 Å². The number of nitrogens with zero attached hydrogens (tertiary/aromatic N) is 1. The molecule has 1 heterocycles. The second-order valence-corrected chi connectivity index (χ2v) is 4.85. The summed E-state index contributed by atoms with van der Waals surface area (Å²) in [5, 5.41) is 0. The lowest BCUT2D eigenvalue weighted by atomic mass is 10.2. The van der Waals surface area contributed by atoms with Crippen molar-refractivity contribution in [3.63, 3.8) is 0 Å². The zero-order valence-corrected chi connectivity index (χ0v) is 11.8. The van der Waals surface area contributed by atoms with Crippen molar-refractivity contribution in [2.45, 2.75) is 6.42 Å². The molecule has 0 amide bonds. The van der Waals surface area contributed by atoms with Crippen molar-refractivity contribution >= 4 is 6.29 Å². The van der Waals surface area contributed by atoms with E-state index in [2.05, 4.69) is 4.90 Å². The maximum atomic E-state index is 10.6. The van der Waals surface area contributed by atoms with E-state index in [1.807, 2.05) is 38.4 Å². The van der Waals surface area contributed by atoms with Crippen LogP contribution in [0.25, 0.3) is 11.3 Å². The fraction of sp³-hybridized carbons (Fsp3) is 0.312. The van der Waals surface area contributed by atoms with Crippen molar-refractivity contribution in [1.29, 1.82) is 0 Å². The molecule has 1 aromatic carbocycles. The predicted octanol–water partition coefficient (Wildman–Crippen LogP) is 3.09. The Hall–Kier alpha value is -2.07. The lowest BCUT2D eigenvalue weighted by molar-refractivity contribution is 0.110. The van der Waals surface area contributed by atoms with Crippen molar-refractivity contribution in [2.24, 2.45) is 0 Å². The molecule has 0 saturated carbocycles. The monoisotopic (exact) mass is 273 g/mol. The Morgan fingerprint density at radius 1 is 1.15 bits per heavy atom. The summed E-state index contributed by atoms with van der Waals surface area (Å²) in [4.78, 5) is 12.7. The van der Waals surface area contributed by atoms with Gasteiger partial charge in [-0.25, -0.2) is 0 Å². The standard InChI is InChI=1S/C16H19NO3/c1-17(2)10-3-11-19-14-6-4-13(5-7-14)16-9-8-15(12-18)20-16/h4-9,12H,3,10-11H2,1-2H3. The third-order valence-electron chi connectivity index (χ3n) is 2.90. The fourth-order valence-electron chi connectivity index (χ4n) is 1.86. The Kier molecular flexibility index (Phi) is 4.96. The zero-order valence-electron chi connectivity index (χ0n) is 11.8. The lowest BCUT2D eigenvalue weighted by Crippen LogP contribution is -2.15. The Morgan fingerprint density at radius 3 is 2.50 bits per heavy atom. The summed E-state index contributed by atoms with van der Waals surface area (Å²) in [6.07, 6.45) is 1.70. The SMILES string of the molecule is CN(C)CCCOc1ccc(-c2ccc(C=O)o2)cc1. The summed E-state index contributed by atoms with van der Waals surface area (Å²) in [5.41, 5.74) is 0.929. The molecule has 4 nitrogen and oxygen atoms in total. The average molecular weight is 273 g/mol. The molecule has 106 valence electrons. The zero-order chi connectivity index (χ0) is 14.4. The lowest BCUT2D eigenvalue weighted by Gasteiger charge is -2.10. The minimum atomic E-state index is 0.337. The highest BCUT2D eigenvalue weighted by Crippen LogP contribution is 2.24. The Bertz CT molecular complexity index is 543. The smallest absolute Gasteiger partial charge is 0.185 e. The Morgan fingerprint density at radius 2 is 1.90 bits per heavy atom. The molecule has 0 aliphatic rings. The third kappa shape index (κ3) is 3.96. The molecule has 0 saturated heterocycles. The van der Waals surface area contributed by atoms with Gasteiger partial charge in [0.2, 0.25) is 0 Å². The topological polar surface area (TPSA) is 42.7 Å². The molecular weight excluding hydrogens is 254 g/mol. The molecule has 0 spiro atoms. The maximum absolute atomic E-state index is 10.6. The van der Waals surface area contributed by atoms with Gasteiger partial charge in [-0.15, -0.1) is 0 Å². The number of hydrogen-bond donors (Lipinski definition) is 0. The van der Waals surface area contributed by atoms with E-state index in [9.17, 15) is 4.79 Å². The van der Waals surface area contributed by atoms with Gasteiger partial charge in [-0.1, -0.05) is 0 Å². The molecule has 0 fully saturated rings. The van der Waals surface area contributed by atoms with E-state index < -0.39 is 0 Å². The summed E-state index contributed by atoms with van der Waals surface area (Å²) in [5.74, 6) is 1.87. The van der Waals surface area contributed by atoms with Gasteiger partial charge in [0.25, 0.3) is 0 Å². The van der Waals surface area contributed by atoms with Crippen LogP contribution in [0.1, 0.15) is 17.0 Å². The van der Waals surface area contributed by atoms with E-state index in [1.54, 1.807) is 12.1 Å². The number of ether oxygens (including phenoxy) is 1. The van der Waals surface area contributed by atoms with Crippen LogP contribution in [0, 0.1) is 0 Å². The molecule has 0 atom stereocenters. The quantitative estimate of drug-likeness (QED) is 0.574. The molecule has 0 N–H and O–H groups in total. The van der Waals surface area contributed by atoms with E-state index in [0.717, 1.165) is 24.3 Å². The summed E-state index contributed by atoms with van der Waals surface area (Å²) >= 11 is 0. The minimum Gasteiger partial charge on any atom is -0.494 e. The van der Waals surface area contributed by atoms with Gasteiger partial charge in [0.15, 0.2) is 12.0 Å². The van der Waals surface area contributed by atoms with Crippen LogP contribution in [-0.2, 0) is 0 Å². The average Bonchev–Trinajstić information content (AvgIpc) is 2.93. The van der Waals surface area contributed by atoms with E-state index >= 15 is 0 Å². The molecule has 0 radical (unpaired) electrons. The normalized spacial score (nSPS) is 10.8. The van der Waals surface area contributed by atoms with Crippen LogP contribution in [0.3, 0.4) is 0 Å². The number of carbonyl (C=O) groups is 1. The van der Waals surface area contributed by atoms with Crippen LogP contribution >= 0.6 is 0 Å². The molecule has 2 rings (SSSR count). The molecule has 1 aromatic heterocycles. The van der Waals surface area contributed by atoms with Crippen LogP contribution in [0.4, 0.5) is 0 Å². The van der Waals surface area contributed by atoms with Crippen LogP contribution in [0.2, 0.25) is 0 Å². The molecular formula is C16H19NO3. The number of carbonyl (C=O) groups excluding carboxylic acids is 1. The highest BCUT2D eigenvalue weighted by molar-refractivity contribution is 5.72. The molecule has 20 heavy (non-hydrogen) atoms. The first-order valence-electron chi connectivity index (χ1n) is 6.62. The number of aldehydes is 1. The molecule has 0 aliphatic heterocycles. The van der Waals surface area contributed by atoms with Crippen LogP contribution in [0.5, 0.6) is 5.75 Å². The van der Waals surface area contributed by atoms with Gasteiger partial charge in [-0.2, -0.15) is 0 Å². The molecule has 0 aliphatic carbocycles. The van der Waals surface area contributed by atoms with Gasteiger partial charge in [-0.3, -0.25) is 4.79 Å². The molecule has 0 unspecified atom stereocenters. The molecule has 2 aromatic rings. The highest BCUT2D eigenvalue weighted by atomic mass is 16.5. The first-order valence-corrected chi connectivity index (χ1v) is 6.62. The minimum absolute atomic E-state index is 0.337. The molecule has 0 bridgehead atoms. The number of benzene rings is 1. The Labute approximate surface area is 119 Å². The van der Waals surface area contributed by atoms with E-state index in [0.29, 0.717) is 24.4 Å². The summed E-state index contributed by atoms with van der Waals surface area (Å²) in [6.45, 7) is 1.71. The number of rotatable bonds is 7. The van der Waals surface area contributed by atoms with Gasteiger partial charge in [0.1, 0.15) is 11.5 Å². The van der Waals surface area contributed by atoms with Crippen molar-refractivity contribution in [3.05, 3.63) is 42.2 Å². The Balaban J connectivity index is 1.91. The third-order valence-corrected chi connectivity index (χ3v) is 2.90. The second-order valence-electron chi connectivity index (χ2n) is 4.85. The van der Waals surface area contributed by atoms with Gasteiger partial charge in [-0.05, 0) is 56.9 Å². The first kappa shape index (κ1) is 14.3. The number of hydrogen-bond acceptors (Lipinski definition) is 4. The van der Waals surface area contributed by atoms with Crippen molar-refractivity contribution in [2.75, 3.05) is 27.2 Å². The summed E-state index contributed by atoms with van der Waals surface area (Å²) < 4.78 is 11.0. The molecule has 4 heteroatoms. The maximum Gasteiger partial charge on any atom is 0.185 e. The first-order chi connectivity index (χ1) is 9.69.